The Kier molecular flexibility index (Phi) is 4.15. The number of primary amides is 1. The molecule has 4 heteroatoms. The molecule has 0 bridgehead atoms. The van der Waals surface area contributed by atoms with Crippen LogP contribution in [0.3, 0.4) is 0 Å². The van der Waals surface area contributed by atoms with Crippen molar-refractivity contribution in [1.82, 2.24) is 0 Å². The standard InChI is InChI=1S/C19H20N2O2/c1-13(14-7-3-2-4-8-14)21-17-10-6-5-9-15(17)11-16(19(21)23)12-18(20)22/h2-10,13,16H,11-12H2,1H3,(H2,20,22)/t13-,16-/m0/s1. The summed E-state index contributed by atoms with van der Waals surface area (Å²) in [5, 5.41) is 0. The fourth-order valence-electron chi connectivity index (χ4n) is 3.27. The van der Waals surface area contributed by atoms with Crippen LogP contribution in [0.1, 0.15) is 30.5 Å². The molecule has 0 radical (unpaired) electrons. The van der Waals surface area contributed by atoms with Crippen LogP contribution in [0.25, 0.3) is 0 Å². The zero-order chi connectivity index (χ0) is 16.4. The number of anilines is 1. The fraction of sp³-hybridized carbons (Fsp3) is 0.263. The Morgan fingerprint density at radius 1 is 1.17 bits per heavy atom. The van der Waals surface area contributed by atoms with E-state index in [4.69, 9.17) is 5.73 Å². The molecule has 3 rings (SSSR count). The minimum atomic E-state index is -0.435. The van der Waals surface area contributed by atoms with Gasteiger partial charge in [-0.3, -0.25) is 9.59 Å². The third-order valence-corrected chi connectivity index (χ3v) is 4.42. The van der Waals surface area contributed by atoms with Gasteiger partial charge in [-0.15, -0.1) is 0 Å². The number of hydrogen-bond donors (Lipinski definition) is 1. The maximum absolute atomic E-state index is 13.0. The van der Waals surface area contributed by atoms with Crippen LogP contribution in [0.15, 0.2) is 54.6 Å². The smallest absolute Gasteiger partial charge is 0.231 e. The molecule has 4 nitrogen and oxygen atoms in total. The van der Waals surface area contributed by atoms with Gasteiger partial charge in [0.2, 0.25) is 11.8 Å². The number of benzene rings is 2. The molecule has 0 unspecified atom stereocenters. The second kappa shape index (κ2) is 6.24. The highest BCUT2D eigenvalue weighted by molar-refractivity contribution is 6.00. The van der Waals surface area contributed by atoms with E-state index in [0.29, 0.717) is 6.42 Å². The van der Waals surface area contributed by atoms with Crippen molar-refractivity contribution < 1.29 is 9.59 Å². The lowest BCUT2D eigenvalue weighted by Gasteiger charge is -2.38. The fourth-order valence-corrected chi connectivity index (χ4v) is 3.27. The first-order chi connectivity index (χ1) is 11.1. The molecule has 2 aromatic rings. The largest absolute Gasteiger partial charge is 0.370 e. The van der Waals surface area contributed by atoms with Crippen molar-refractivity contribution in [2.75, 3.05) is 4.90 Å². The van der Waals surface area contributed by atoms with Crippen LogP contribution in [-0.4, -0.2) is 11.8 Å². The van der Waals surface area contributed by atoms with Crippen molar-refractivity contribution in [3.05, 3.63) is 65.7 Å². The Bertz CT molecular complexity index is 727. The molecule has 0 spiro atoms. The van der Waals surface area contributed by atoms with Crippen molar-refractivity contribution in [3.63, 3.8) is 0 Å². The maximum atomic E-state index is 13.0. The van der Waals surface area contributed by atoms with Gasteiger partial charge in [-0.1, -0.05) is 48.5 Å². The van der Waals surface area contributed by atoms with Crippen LogP contribution in [0.2, 0.25) is 0 Å². The van der Waals surface area contributed by atoms with Crippen LogP contribution in [0, 0.1) is 5.92 Å². The summed E-state index contributed by atoms with van der Waals surface area (Å²) in [6.07, 6.45) is 0.654. The molecule has 0 saturated carbocycles. The van der Waals surface area contributed by atoms with E-state index in [0.717, 1.165) is 16.8 Å². The number of carbonyl (C=O) groups is 2. The van der Waals surface area contributed by atoms with E-state index in [1.165, 1.54) is 0 Å². The molecule has 2 N–H and O–H groups in total. The molecule has 0 aliphatic carbocycles. The zero-order valence-corrected chi connectivity index (χ0v) is 13.1. The summed E-state index contributed by atoms with van der Waals surface area (Å²) in [6.45, 7) is 2.01. The Balaban J connectivity index is 2.02. The second-order valence-electron chi connectivity index (χ2n) is 6.00. The normalized spacial score (nSPS) is 18.4. The molecule has 23 heavy (non-hydrogen) atoms. The van der Waals surface area contributed by atoms with Gasteiger partial charge in [0.05, 0.1) is 12.0 Å². The van der Waals surface area contributed by atoms with Crippen molar-refractivity contribution in [2.24, 2.45) is 11.7 Å². The number of carbonyl (C=O) groups excluding carboxylic acids is 2. The van der Waals surface area contributed by atoms with Gasteiger partial charge in [-0.2, -0.15) is 0 Å². The van der Waals surface area contributed by atoms with Gasteiger partial charge in [0.25, 0.3) is 0 Å². The van der Waals surface area contributed by atoms with Gasteiger partial charge in [0.1, 0.15) is 0 Å². The predicted molar refractivity (Wildman–Crippen MR) is 89.8 cm³/mol. The number of nitrogens with two attached hydrogens (primary N) is 1. The summed E-state index contributed by atoms with van der Waals surface area (Å²) in [7, 11) is 0. The highest BCUT2D eigenvalue weighted by atomic mass is 16.2. The minimum Gasteiger partial charge on any atom is -0.370 e. The molecule has 2 amide bonds. The third kappa shape index (κ3) is 2.97. The number of amides is 2. The van der Waals surface area contributed by atoms with Crippen LogP contribution in [0.5, 0.6) is 0 Å². The van der Waals surface area contributed by atoms with Gasteiger partial charge < -0.3 is 10.6 Å². The van der Waals surface area contributed by atoms with Crippen molar-refractivity contribution >= 4 is 17.5 Å². The number of nitrogens with zero attached hydrogens (tertiary/aromatic N) is 1. The van der Waals surface area contributed by atoms with Crippen LogP contribution in [-0.2, 0) is 16.0 Å². The third-order valence-electron chi connectivity index (χ3n) is 4.42. The Hall–Kier alpha value is -2.62. The van der Waals surface area contributed by atoms with Crippen molar-refractivity contribution in [2.45, 2.75) is 25.8 Å². The average Bonchev–Trinajstić information content (AvgIpc) is 2.55. The SMILES string of the molecule is C[C@@H](c1ccccc1)N1C(=O)[C@H](CC(N)=O)Cc2ccccc21. The van der Waals surface area contributed by atoms with E-state index >= 15 is 0 Å². The minimum absolute atomic E-state index is 0.0288. The Labute approximate surface area is 135 Å². The second-order valence-corrected chi connectivity index (χ2v) is 6.00. The molecule has 118 valence electrons. The summed E-state index contributed by atoms with van der Waals surface area (Å²) < 4.78 is 0. The Morgan fingerprint density at radius 3 is 2.52 bits per heavy atom. The van der Waals surface area contributed by atoms with Crippen molar-refractivity contribution in [1.29, 1.82) is 0 Å². The van der Waals surface area contributed by atoms with E-state index in [-0.39, 0.29) is 24.3 Å². The predicted octanol–water partition coefficient (Wildman–Crippen LogP) is 2.83. The maximum Gasteiger partial charge on any atom is 0.231 e. The number of fused-ring (bicyclic) bond motifs is 1. The van der Waals surface area contributed by atoms with Crippen molar-refractivity contribution in [3.8, 4) is 0 Å². The summed E-state index contributed by atoms with van der Waals surface area (Å²) in [4.78, 5) is 26.1. The number of rotatable bonds is 4. The highest BCUT2D eigenvalue weighted by Crippen LogP contribution is 2.37. The topological polar surface area (TPSA) is 63.4 Å². The molecule has 0 aromatic heterocycles. The zero-order valence-electron chi connectivity index (χ0n) is 13.1. The molecule has 1 aliphatic heterocycles. The van der Waals surface area contributed by atoms with Gasteiger partial charge in [0, 0.05) is 12.1 Å². The summed E-state index contributed by atoms with van der Waals surface area (Å²) >= 11 is 0. The molecule has 1 aliphatic rings. The molecule has 0 fully saturated rings. The quantitative estimate of drug-likeness (QED) is 0.944. The van der Waals surface area contributed by atoms with E-state index < -0.39 is 5.91 Å². The van der Waals surface area contributed by atoms with Crippen LogP contribution >= 0.6 is 0 Å². The first kappa shape index (κ1) is 15.3. The van der Waals surface area contributed by atoms with E-state index in [1.807, 2.05) is 66.4 Å². The van der Waals surface area contributed by atoms with E-state index in [1.54, 1.807) is 0 Å². The number of para-hydroxylation sites is 1. The molecule has 0 saturated heterocycles. The van der Waals surface area contributed by atoms with Gasteiger partial charge >= 0.3 is 0 Å². The first-order valence-corrected chi connectivity index (χ1v) is 7.82. The van der Waals surface area contributed by atoms with Gasteiger partial charge in [-0.25, -0.2) is 0 Å². The van der Waals surface area contributed by atoms with E-state index in [9.17, 15) is 9.59 Å². The average molecular weight is 308 g/mol. The molecular weight excluding hydrogens is 288 g/mol. The molecular formula is C19H20N2O2. The lowest BCUT2D eigenvalue weighted by atomic mass is 9.87. The summed E-state index contributed by atoms with van der Waals surface area (Å²) in [5.74, 6) is -0.845. The van der Waals surface area contributed by atoms with Gasteiger partial charge in [0.15, 0.2) is 0 Å². The molecule has 1 heterocycles. The van der Waals surface area contributed by atoms with Gasteiger partial charge in [-0.05, 0) is 30.5 Å². The molecule has 2 atom stereocenters. The lowest BCUT2D eigenvalue weighted by molar-refractivity contribution is -0.128. The monoisotopic (exact) mass is 308 g/mol. The van der Waals surface area contributed by atoms with E-state index in [2.05, 4.69) is 0 Å². The number of hydrogen-bond acceptors (Lipinski definition) is 2. The first-order valence-electron chi connectivity index (χ1n) is 7.82. The van der Waals surface area contributed by atoms with Crippen LogP contribution < -0.4 is 10.6 Å². The Morgan fingerprint density at radius 2 is 1.83 bits per heavy atom. The summed E-state index contributed by atoms with van der Waals surface area (Å²) in [5.41, 5.74) is 8.40. The van der Waals surface area contributed by atoms with Crippen LogP contribution in [0.4, 0.5) is 5.69 Å². The lowest BCUT2D eigenvalue weighted by Crippen LogP contribution is -2.44. The molecule has 2 aromatic carbocycles. The highest BCUT2D eigenvalue weighted by Gasteiger charge is 2.36. The summed E-state index contributed by atoms with van der Waals surface area (Å²) in [6, 6.07) is 17.7.